The van der Waals surface area contributed by atoms with Crippen LogP contribution in [-0.2, 0) is 21.0 Å². The van der Waals surface area contributed by atoms with Crippen molar-refractivity contribution in [2.45, 2.75) is 13.5 Å². The van der Waals surface area contributed by atoms with Gasteiger partial charge in [0.2, 0.25) is 0 Å². The molecule has 0 saturated heterocycles. The van der Waals surface area contributed by atoms with E-state index in [0.717, 1.165) is 5.06 Å². The summed E-state index contributed by atoms with van der Waals surface area (Å²) in [6, 6.07) is 0. The van der Waals surface area contributed by atoms with Crippen LogP contribution in [0.1, 0.15) is 12.6 Å². The summed E-state index contributed by atoms with van der Waals surface area (Å²) in [7, 11) is 2.58. The first-order chi connectivity index (χ1) is 8.74. The first-order valence-electron chi connectivity index (χ1n) is 5.05. The lowest BCUT2D eigenvalue weighted by atomic mass is 10.3. The zero-order valence-electron chi connectivity index (χ0n) is 10.4. The number of nitrogens with zero attached hydrogens (tertiary/aromatic N) is 4. The number of hydrogen-bond donors (Lipinski definition) is 0. The molecule has 0 aliphatic carbocycles. The summed E-state index contributed by atoms with van der Waals surface area (Å²) in [5, 5.41) is 4.52. The van der Waals surface area contributed by atoms with Gasteiger partial charge in [0, 0.05) is 6.21 Å². The van der Waals surface area contributed by atoms with Crippen LogP contribution in [0.4, 0.5) is 10.5 Å². The molecule has 1 rings (SSSR count). The quantitative estimate of drug-likeness (QED) is 0.578. The van der Waals surface area contributed by atoms with E-state index in [9.17, 15) is 4.79 Å². The Kier molecular flexibility index (Phi) is 5.52. The summed E-state index contributed by atoms with van der Waals surface area (Å²) in [6.45, 7) is 1.80. The van der Waals surface area contributed by atoms with Crippen molar-refractivity contribution in [3.8, 4) is 0 Å². The predicted molar refractivity (Wildman–Crippen MR) is 62.9 cm³/mol. The predicted octanol–water partition coefficient (Wildman–Crippen LogP) is 1.13. The van der Waals surface area contributed by atoms with E-state index in [0.29, 0.717) is 11.4 Å². The van der Waals surface area contributed by atoms with E-state index in [2.05, 4.69) is 19.9 Å². The van der Waals surface area contributed by atoms with E-state index < -0.39 is 6.09 Å². The summed E-state index contributed by atoms with van der Waals surface area (Å²) in [4.78, 5) is 29.2. The summed E-state index contributed by atoms with van der Waals surface area (Å²) < 4.78 is 4.57. The van der Waals surface area contributed by atoms with E-state index in [1.807, 2.05) is 0 Å². The molecular weight excluding hydrogens is 240 g/mol. The number of rotatable bonds is 5. The molecule has 0 fully saturated rings. The number of hydroxylamine groups is 1. The van der Waals surface area contributed by atoms with Gasteiger partial charge in [-0.05, 0) is 6.92 Å². The molecule has 0 aliphatic rings. The van der Waals surface area contributed by atoms with Gasteiger partial charge >= 0.3 is 6.09 Å². The molecule has 1 amide bonds. The second-order valence-corrected chi connectivity index (χ2v) is 2.94. The SMILES string of the molecule is CC=NOCc1ncncc1N(OC)C(=O)OC. The Morgan fingerprint density at radius 3 is 2.94 bits per heavy atom. The van der Waals surface area contributed by atoms with Gasteiger partial charge in [0.15, 0.2) is 6.61 Å². The number of hydrogen-bond acceptors (Lipinski definition) is 7. The van der Waals surface area contributed by atoms with Crippen molar-refractivity contribution in [1.29, 1.82) is 0 Å². The molecule has 18 heavy (non-hydrogen) atoms. The maximum Gasteiger partial charge on any atom is 0.438 e. The van der Waals surface area contributed by atoms with Gasteiger partial charge < -0.3 is 9.57 Å². The fraction of sp³-hybridized carbons (Fsp3) is 0.400. The van der Waals surface area contributed by atoms with Crippen LogP contribution in [0.15, 0.2) is 17.7 Å². The molecule has 0 aliphatic heterocycles. The summed E-state index contributed by atoms with van der Waals surface area (Å²) in [6.07, 6.45) is 3.56. The third-order valence-corrected chi connectivity index (χ3v) is 1.90. The van der Waals surface area contributed by atoms with E-state index in [4.69, 9.17) is 9.68 Å². The smallest absolute Gasteiger partial charge is 0.438 e. The molecule has 98 valence electrons. The van der Waals surface area contributed by atoms with Crippen LogP contribution in [0.3, 0.4) is 0 Å². The molecule has 1 heterocycles. The van der Waals surface area contributed by atoms with Crippen LogP contribution < -0.4 is 5.06 Å². The van der Waals surface area contributed by atoms with Crippen LogP contribution in [0, 0.1) is 0 Å². The number of aromatic nitrogens is 2. The molecule has 1 aromatic heterocycles. The molecule has 0 atom stereocenters. The molecule has 0 spiro atoms. The van der Waals surface area contributed by atoms with E-state index >= 15 is 0 Å². The van der Waals surface area contributed by atoms with Crippen molar-refractivity contribution in [1.82, 2.24) is 9.97 Å². The standard InChI is InChI=1S/C10H14N4O4/c1-4-13-18-6-8-9(5-11-7-12-8)14(17-3)10(15)16-2/h4-5,7H,6H2,1-3H3. The highest BCUT2D eigenvalue weighted by Gasteiger charge is 2.20. The number of methoxy groups -OCH3 is 1. The van der Waals surface area contributed by atoms with Crippen LogP contribution in [0.2, 0.25) is 0 Å². The lowest BCUT2D eigenvalue weighted by Crippen LogP contribution is -2.30. The average molecular weight is 254 g/mol. The van der Waals surface area contributed by atoms with Gasteiger partial charge in [0.1, 0.15) is 17.7 Å². The first kappa shape index (κ1) is 13.8. The second kappa shape index (κ2) is 7.17. The minimum Gasteiger partial charge on any atom is -0.451 e. The highest BCUT2D eigenvalue weighted by molar-refractivity contribution is 5.85. The van der Waals surface area contributed by atoms with Gasteiger partial charge in [-0.15, -0.1) is 5.06 Å². The Balaban J connectivity index is 2.95. The van der Waals surface area contributed by atoms with Gasteiger partial charge in [0.25, 0.3) is 0 Å². The summed E-state index contributed by atoms with van der Waals surface area (Å²) in [5.74, 6) is 0. The number of carbonyl (C=O) groups is 1. The highest BCUT2D eigenvalue weighted by atomic mass is 16.7. The van der Waals surface area contributed by atoms with Gasteiger partial charge in [-0.1, -0.05) is 5.16 Å². The zero-order chi connectivity index (χ0) is 13.4. The summed E-state index contributed by atoms with van der Waals surface area (Å²) >= 11 is 0. The van der Waals surface area contributed by atoms with E-state index in [1.165, 1.54) is 33.0 Å². The van der Waals surface area contributed by atoms with Crippen LogP contribution in [0.5, 0.6) is 0 Å². The molecule has 0 radical (unpaired) electrons. The fourth-order valence-corrected chi connectivity index (χ4v) is 1.16. The lowest BCUT2D eigenvalue weighted by molar-refractivity contribution is 0.110. The maximum atomic E-state index is 11.5. The Morgan fingerprint density at radius 1 is 1.56 bits per heavy atom. The van der Waals surface area contributed by atoms with Crippen molar-refractivity contribution in [3.05, 3.63) is 18.2 Å². The number of oxime groups is 1. The minimum atomic E-state index is -0.687. The molecule has 1 aromatic rings. The van der Waals surface area contributed by atoms with Gasteiger partial charge in [0.05, 0.1) is 20.4 Å². The number of ether oxygens (including phenoxy) is 1. The molecular formula is C10H14N4O4. The average Bonchev–Trinajstić information content (AvgIpc) is 2.41. The van der Waals surface area contributed by atoms with Crippen molar-refractivity contribution in [2.75, 3.05) is 19.3 Å². The van der Waals surface area contributed by atoms with Crippen LogP contribution in [0.25, 0.3) is 0 Å². The second-order valence-electron chi connectivity index (χ2n) is 2.94. The lowest BCUT2D eigenvalue weighted by Gasteiger charge is -2.19. The molecule has 0 saturated carbocycles. The number of carbonyl (C=O) groups excluding carboxylic acids is 1. The largest absolute Gasteiger partial charge is 0.451 e. The maximum absolute atomic E-state index is 11.5. The first-order valence-corrected chi connectivity index (χ1v) is 5.05. The molecule has 0 N–H and O–H groups in total. The van der Waals surface area contributed by atoms with Gasteiger partial charge in [-0.2, -0.15) is 0 Å². The minimum absolute atomic E-state index is 0.0824. The number of anilines is 1. The van der Waals surface area contributed by atoms with E-state index in [-0.39, 0.29) is 6.61 Å². The van der Waals surface area contributed by atoms with Crippen molar-refractivity contribution < 1.29 is 19.2 Å². The topological polar surface area (TPSA) is 86.1 Å². The fourth-order valence-electron chi connectivity index (χ4n) is 1.16. The monoisotopic (exact) mass is 254 g/mol. The molecule has 0 bridgehead atoms. The van der Waals surface area contributed by atoms with Crippen molar-refractivity contribution in [2.24, 2.45) is 5.16 Å². The molecule has 8 nitrogen and oxygen atoms in total. The van der Waals surface area contributed by atoms with Crippen LogP contribution >= 0.6 is 0 Å². The third kappa shape index (κ3) is 3.39. The number of amides is 1. The Morgan fingerprint density at radius 2 is 2.33 bits per heavy atom. The Labute approximate surface area is 104 Å². The molecule has 0 aromatic carbocycles. The normalized spacial score (nSPS) is 10.4. The van der Waals surface area contributed by atoms with Gasteiger partial charge in [-0.25, -0.2) is 14.8 Å². The van der Waals surface area contributed by atoms with Gasteiger partial charge in [-0.3, -0.25) is 4.84 Å². The summed E-state index contributed by atoms with van der Waals surface area (Å²) in [5.41, 5.74) is 0.779. The molecule has 0 unspecified atom stereocenters. The van der Waals surface area contributed by atoms with Crippen molar-refractivity contribution in [3.63, 3.8) is 0 Å². The van der Waals surface area contributed by atoms with E-state index in [1.54, 1.807) is 6.92 Å². The van der Waals surface area contributed by atoms with Crippen molar-refractivity contribution >= 4 is 18.0 Å². The van der Waals surface area contributed by atoms with Crippen LogP contribution in [-0.4, -0.2) is 36.5 Å². The Bertz CT molecular complexity index is 424. The zero-order valence-corrected chi connectivity index (χ0v) is 10.4. The molecule has 8 heteroatoms. The third-order valence-electron chi connectivity index (χ3n) is 1.90. The Hall–Kier alpha value is -2.22. The highest BCUT2D eigenvalue weighted by Crippen LogP contribution is 2.18.